The van der Waals surface area contributed by atoms with Crippen LogP contribution in [0.25, 0.3) is 0 Å². The highest BCUT2D eigenvalue weighted by atomic mass is 16.4. The van der Waals surface area contributed by atoms with Gasteiger partial charge in [0.25, 0.3) is 0 Å². The summed E-state index contributed by atoms with van der Waals surface area (Å²) in [7, 11) is 2.01. The molecule has 0 unspecified atom stereocenters. The van der Waals surface area contributed by atoms with Crippen LogP contribution in [0.4, 0.5) is 0 Å². The Morgan fingerprint density at radius 2 is 2.13 bits per heavy atom. The van der Waals surface area contributed by atoms with E-state index in [-0.39, 0.29) is 0 Å². The normalized spacial score (nSPS) is 26.4. The van der Waals surface area contributed by atoms with Crippen LogP contribution in [0.3, 0.4) is 0 Å². The van der Waals surface area contributed by atoms with Gasteiger partial charge in [0.05, 0.1) is 0 Å². The van der Waals surface area contributed by atoms with E-state index < -0.39 is 0 Å². The molecule has 1 aliphatic carbocycles. The van der Waals surface area contributed by atoms with Gasteiger partial charge in [-0.3, -0.25) is 0 Å². The zero-order chi connectivity index (χ0) is 10.8. The van der Waals surface area contributed by atoms with E-state index in [0.717, 1.165) is 24.6 Å². The lowest BCUT2D eigenvalue weighted by Crippen LogP contribution is -2.21. The van der Waals surface area contributed by atoms with Crippen LogP contribution >= 0.6 is 0 Å². The predicted molar refractivity (Wildman–Crippen MR) is 57.8 cm³/mol. The number of aromatic nitrogens is 2. The summed E-state index contributed by atoms with van der Waals surface area (Å²) in [5.74, 6) is 2.38. The van der Waals surface area contributed by atoms with E-state index in [4.69, 9.17) is 4.42 Å². The molecule has 84 valence electrons. The summed E-state index contributed by atoms with van der Waals surface area (Å²) < 4.78 is 5.67. The van der Waals surface area contributed by atoms with Crippen LogP contribution in [0.15, 0.2) is 4.42 Å². The minimum absolute atomic E-state index is 0.327. The molecule has 0 amide bonds. The van der Waals surface area contributed by atoms with Crippen molar-refractivity contribution < 1.29 is 4.42 Å². The smallest absolute Gasteiger partial charge is 0.219 e. The Bertz CT molecular complexity index is 321. The molecule has 0 aliphatic heterocycles. The molecule has 1 heterocycles. The highest BCUT2D eigenvalue weighted by molar-refractivity contribution is 4.99. The van der Waals surface area contributed by atoms with E-state index in [0.29, 0.717) is 17.9 Å². The minimum atomic E-state index is 0.327. The summed E-state index contributed by atoms with van der Waals surface area (Å²) in [5.41, 5.74) is 0. The van der Waals surface area contributed by atoms with E-state index in [1.165, 1.54) is 6.42 Å². The summed E-state index contributed by atoms with van der Waals surface area (Å²) in [6, 6.07) is 0.615. The molecule has 0 radical (unpaired) electrons. The van der Waals surface area contributed by atoms with Gasteiger partial charge >= 0.3 is 0 Å². The Hall–Kier alpha value is -0.900. The van der Waals surface area contributed by atoms with Crippen molar-refractivity contribution in [3.8, 4) is 0 Å². The molecular weight excluding hydrogens is 190 g/mol. The molecule has 1 fully saturated rings. The molecular formula is C11H19N3O. The molecule has 0 bridgehead atoms. The Kier molecular flexibility index (Phi) is 3.05. The van der Waals surface area contributed by atoms with Crippen molar-refractivity contribution in [2.75, 3.05) is 7.05 Å². The molecule has 0 saturated heterocycles. The molecule has 4 heteroatoms. The molecule has 0 spiro atoms. The highest BCUT2D eigenvalue weighted by Crippen LogP contribution is 2.34. The first-order chi connectivity index (χ1) is 7.20. The number of hydrogen-bond acceptors (Lipinski definition) is 4. The van der Waals surface area contributed by atoms with E-state index in [1.54, 1.807) is 0 Å². The van der Waals surface area contributed by atoms with Gasteiger partial charge in [0.1, 0.15) is 0 Å². The first kappa shape index (κ1) is 10.6. The quantitative estimate of drug-likeness (QED) is 0.827. The number of nitrogens with zero attached hydrogens (tertiary/aromatic N) is 2. The van der Waals surface area contributed by atoms with Gasteiger partial charge in [-0.2, -0.15) is 0 Å². The fourth-order valence-electron chi connectivity index (χ4n) is 2.11. The van der Waals surface area contributed by atoms with E-state index in [2.05, 4.69) is 29.4 Å². The van der Waals surface area contributed by atoms with Crippen LogP contribution in [0.2, 0.25) is 0 Å². The standard InChI is InChI=1S/C11H19N3O/c1-7(2)10-13-14-11(15-10)8-4-5-9(6-8)12-3/h7-9,12H,4-6H2,1-3H3/t8-,9+/m0/s1. The SMILES string of the molecule is CN[C@@H]1CC[C@H](c2nnc(C(C)C)o2)C1. The molecule has 2 atom stereocenters. The molecule has 1 saturated carbocycles. The molecule has 4 nitrogen and oxygen atoms in total. The average molecular weight is 209 g/mol. The monoisotopic (exact) mass is 209 g/mol. The Morgan fingerprint density at radius 3 is 2.67 bits per heavy atom. The molecule has 1 aliphatic rings. The summed E-state index contributed by atoms with van der Waals surface area (Å²) >= 11 is 0. The Balaban J connectivity index is 2.04. The first-order valence-corrected chi connectivity index (χ1v) is 5.71. The molecule has 1 aromatic rings. The van der Waals surface area contributed by atoms with Crippen LogP contribution in [0.1, 0.15) is 56.7 Å². The van der Waals surface area contributed by atoms with E-state index in [1.807, 2.05) is 7.05 Å². The number of hydrogen-bond donors (Lipinski definition) is 1. The minimum Gasteiger partial charge on any atom is -0.425 e. The zero-order valence-corrected chi connectivity index (χ0v) is 9.66. The third kappa shape index (κ3) is 2.20. The number of rotatable bonds is 3. The van der Waals surface area contributed by atoms with E-state index >= 15 is 0 Å². The van der Waals surface area contributed by atoms with Crippen molar-refractivity contribution in [2.24, 2.45) is 0 Å². The van der Waals surface area contributed by atoms with Gasteiger partial charge in [-0.25, -0.2) is 0 Å². The fraction of sp³-hybridized carbons (Fsp3) is 0.818. The van der Waals surface area contributed by atoms with Gasteiger partial charge in [0.15, 0.2) is 0 Å². The molecule has 15 heavy (non-hydrogen) atoms. The maximum atomic E-state index is 5.67. The Morgan fingerprint density at radius 1 is 1.33 bits per heavy atom. The molecule has 2 rings (SSSR count). The van der Waals surface area contributed by atoms with Crippen LogP contribution in [0, 0.1) is 0 Å². The fourth-order valence-corrected chi connectivity index (χ4v) is 2.11. The van der Waals surface area contributed by atoms with E-state index in [9.17, 15) is 0 Å². The third-order valence-electron chi connectivity index (χ3n) is 3.14. The van der Waals surface area contributed by atoms with Crippen molar-refractivity contribution >= 4 is 0 Å². The van der Waals surface area contributed by atoms with Gasteiger partial charge in [-0.05, 0) is 26.3 Å². The zero-order valence-electron chi connectivity index (χ0n) is 9.66. The van der Waals surface area contributed by atoms with Crippen LogP contribution in [-0.2, 0) is 0 Å². The van der Waals surface area contributed by atoms with Gasteiger partial charge < -0.3 is 9.73 Å². The molecule has 1 N–H and O–H groups in total. The van der Waals surface area contributed by atoms with Gasteiger partial charge in [-0.1, -0.05) is 13.8 Å². The Labute approximate surface area is 90.5 Å². The highest BCUT2D eigenvalue weighted by Gasteiger charge is 2.28. The second-order valence-corrected chi connectivity index (χ2v) is 4.63. The first-order valence-electron chi connectivity index (χ1n) is 5.71. The van der Waals surface area contributed by atoms with Crippen LogP contribution < -0.4 is 5.32 Å². The maximum absolute atomic E-state index is 5.67. The topological polar surface area (TPSA) is 51.0 Å². The van der Waals surface area contributed by atoms with Crippen molar-refractivity contribution in [3.63, 3.8) is 0 Å². The second kappa shape index (κ2) is 4.31. The summed E-state index contributed by atoms with van der Waals surface area (Å²) in [6.45, 7) is 4.14. The summed E-state index contributed by atoms with van der Waals surface area (Å²) in [5, 5.41) is 11.5. The average Bonchev–Trinajstić information content (AvgIpc) is 2.86. The molecule has 0 aromatic carbocycles. The van der Waals surface area contributed by atoms with Gasteiger partial charge in [-0.15, -0.1) is 10.2 Å². The van der Waals surface area contributed by atoms with Crippen molar-refractivity contribution in [1.29, 1.82) is 0 Å². The van der Waals surface area contributed by atoms with Crippen molar-refractivity contribution in [2.45, 2.75) is 51.0 Å². The van der Waals surface area contributed by atoms with Gasteiger partial charge in [0.2, 0.25) is 11.8 Å². The second-order valence-electron chi connectivity index (χ2n) is 4.63. The summed E-state index contributed by atoms with van der Waals surface area (Å²) in [4.78, 5) is 0. The lowest BCUT2D eigenvalue weighted by molar-refractivity contribution is 0.400. The van der Waals surface area contributed by atoms with Gasteiger partial charge in [0, 0.05) is 17.9 Å². The summed E-state index contributed by atoms with van der Waals surface area (Å²) in [6.07, 6.45) is 3.49. The maximum Gasteiger partial charge on any atom is 0.219 e. The predicted octanol–water partition coefficient (Wildman–Crippen LogP) is 2.05. The third-order valence-corrected chi connectivity index (χ3v) is 3.14. The van der Waals surface area contributed by atoms with Crippen molar-refractivity contribution in [1.82, 2.24) is 15.5 Å². The van der Waals surface area contributed by atoms with Crippen molar-refractivity contribution in [3.05, 3.63) is 11.8 Å². The molecule has 1 aromatic heterocycles. The number of nitrogens with one attached hydrogen (secondary N) is 1. The van der Waals surface area contributed by atoms with Crippen LogP contribution in [-0.4, -0.2) is 23.3 Å². The largest absolute Gasteiger partial charge is 0.425 e. The lowest BCUT2D eigenvalue weighted by Gasteiger charge is -2.06. The van der Waals surface area contributed by atoms with Crippen LogP contribution in [0.5, 0.6) is 0 Å². The lowest BCUT2D eigenvalue weighted by atomic mass is 10.1.